The van der Waals surface area contributed by atoms with Gasteiger partial charge in [-0.2, -0.15) is 0 Å². The third-order valence-electron chi connectivity index (χ3n) is 5.78. The molecule has 0 radical (unpaired) electrons. The fraction of sp³-hybridized carbons (Fsp3) is 0.524. The molecule has 3 N–H and O–H groups in total. The number of amides is 2. The molecule has 2 heterocycles. The maximum atomic E-state index is 12.6. The van der Waals surface area contributed by atoms with Gasteiger partial charge in [0.2, 0.25) is 5.91 Å². The zero-order valence-electron chi connectivity index (χ0n) is 17.0. The van der Waals surface area contributed by atoms with Gasteiger partial charge < -0.3 is 15.6 Å². The molecule has 2 aromatic rings. The van der Waals surface area contributed by atoms with Crippen LogP contribution in [0.25, 0.3) is 0 Å². The molecule has 0 aromatic carbocycles. The molecule has 0 unspecified atom stereocenters. The van der Waals surface area contributed by atoms with Crippen molar-refractivity contribution < 1.29 is 9.59 Å². The lowest BCUT2D eigenvalue weighted by molar-refractivity contribution is -0.113. The molecule has 9 heteroatoms. The van der Waals surface area contributed by atoms with E-state index in [0.717, 1.165) is 53.5 Å². The summed E-state index contributed by atoms with van der Waals surface area (Å²) in [5.74, 6) is 0.986. The maximum Gasteiger partial charge on any atom is 0.251 e. The second kappa shape index (κ2) is 9.34. The van der Waals surface area contributed by atoms with Crippen LogP contribution in [0.3, 0.4) is 0 Å². The molecule has 4 rings (SSSR count). The number of nitrogens with zero attached hydrogens (tertiary/aromatic N) is 3. The second-order valence-corrected chi connectivity index (χ2v) is 9.89. The molecule has 2 aromatic heterocycles. The van der Waals surface area contributed by atoms with Gasteiger partial charge in [0.1, 0.15) is 10.8 Å². The van der Waals surface area contributed by atoms with Crippen molar-refractivity contribution in [2.24, 2.45) is 5.73 Å². The molecule has 0 atom stereocenters. The van der Waals surface area contributed by atoms with E-state index in [2.05, 4.69) is 26.7 Å². The van der Waals surface area contributed by atoms with E-state index in [1.54, 1.807) is 0 Å². The van der Waals surface area contributed by atoms with Crippen molar-refractivity contribution >= 4 is 39.9 Å². The number of carbonyl (C=O) groups is 2. The topological polar surface area (TPSA) is 103 Å². The van der Waals surface area contributed by atoms with E-state index in [4.69, 9.17) is 5.73 Å². The molecule has 2 aliphatic carbocycles. The van der Waals surface area contributed by atoms with Crippen LogP contribution in [-0.4, -0.2) is 32.3 Å². The molecule has 0 aliphatic heterocycles. The SMILES string of the molecule is C=CCn1c(SCC(=O)Nc2sc3c(c2C(N)=O)CCC3)nnc1C1CCCCC1. The Bertz CT molecular complexity index is 959. The number of carbonyl (C=O) groups excluding carboxylic acids is 2. The van der Waals surface area contributed by atoms with Crippen LogP contribution in [-0.2, 0) is 24.2 Å². The van der Waals surface area contributed by atoms with Gasteiger partial charge in [0.25, 0.3) is 5.91 Å². The van der Waals surface area contributed by atoms with Crippen molar-refractivity contribution in [2.75, 3.05) is 11.1 Å². The van der Waals surface area contributed by atoms with E-state index in [9.17, 15) is 9.59 Å². The number of primary amides is 1. The molecule has 0 bridgehead atoms. The third-order valence-corrected chi connectivity index (χ3v) is 7.95. The Kier molecular flexibility index (Phi) is 6.58. The number of nitrogens with one attached hydrogen (secondary N) is 1. The Labute approximate surface area is 184 Å². The van der Waals surface area contributed by atoms with Crippen LogP contribution < -0.4 is 11.1 Å². The summed E-state index contributed by atoms with van der Waals surface area (Å²) >= 11 is 2.83. The van der Waals surface area contributed by atoms with Crippen LogP contribution >= 0.6 is 23.1 Å². The number of thioether (sulfide) groups is 1. The zero-order chi connectivity index (χ0) is 21.1. The number of nitrogens with two attached hydrogens (primary N) is 1. The van der Waals surface area contributed by atoms with E-state index in [-0.39, 0.29) is 11.7 Å². The number of thiophene rings is 1. The molecule has 0 saturated heterocycles. The molecule has 2 aliphatic rings. The highest BCUT2D eigenvalue weighted by molar-refractivity contribution is 7.99. The number of anilines is 1. The van der Waals surface area contributed by atoms with Gasteiger partial charge in [0.15, 0.2) is 5.16 Å². The van der Waals surface area contributed by atoms with Crippen molar-refractivity contribution in [3.8, 4) is 0 Å². The molecule has 7 nitrogen and oxygen atoms in total. The lowest BCUT2D eigenvalue weighted by atomic mass is 9.89. The number of hydrogen-bond donors (Lipinski definition) is 2. The Morgan fingerprint density at radius 3 is 2.77 bits per heavy atom. The van der Waals surface area contributed by atoms with Crippen LogP contribution in [0.5, 0.6) is 0 Å². The normalized spacial score (nSPS) is 16.4. The minimum atomic E-state index is -0.472. The van der Waals surface area contributed by atoms with E-state index >= 15 is 0 Å². The largest absolute Gasteiger partial charge is 0.365 e. The van der Waals surface area contributed by atoms with E-state index in [1.165, 1.54) is 42.4 Å². The standard InChI is InChI=1S/C21H27N5O2S2/c1-2-11-26-19(13-7-4-3-5-8-13)24-25-21(26)29-12-16(27)23-20-17(18(22)28)14-9-6-10-15(14)30-20/h2,13H,1,3-12H2,(H2,22,28)(H,23,27). The monoisotopic (exact) mass is 445 g/mol. The Morgan fingerprint density at radius 1 is 1.23 bits per heavy atom. The van der Waals surface area contributed by atoms with Gasteiger partial charge in [-0.15, -0.1) is 28.1 Å². The van der Waals surface area contributed by atoms with Gasteiger partial charge in [-0.05, 0) is 37.7 Å². The predicted molar refractivity (Wildman–Crippen MR) is 120 cm³/mol. The van der Waals surface area contributed by atoms with Crippen molar-refractivity contribution in [3.63, 3.8) is 0 Å². The average Bonchev–Trinajstić information content (AvgIpc) is 3.42. The van der Waals surface area contributed by atoms with E-state index in [1.807, 2.05) is 6.08 Å². The molecule has 30 heavy (non-hydrogen) atoms. The summed E-state index contributed by atoms with van der Waals surface area (Å²) in [6, 6.07) is 0. The highest BCUT2D eigenvalue weighted by atomic mass is 32.2. The minimum Gasteiger partial charge on any atom is -0.365 e. The van der Waals surface area contributed by atoms with Crippen molar-refractivity contribution in [3.05, 3.63) is 34.5 Å². The minimum absolute atomic E-state index is 0.171. The first-order chi connectivity index (χ1) is 14.6. The Morgan fingerprint density at radius 2 is 2.03 bits per heavy atom. The van der Waals surface area contributed by atoms with Gasteiger partial charge >= 0.3 is 0 Å². The summed E-state index contributed by atoms with van der Waals surface area (Å²) in [6.07, 6.45) is 10.7. The first kappa shape index (κ1) is 21.1. The summed E-state index contributed by atoms with van der Waals surface area (Å²) < 4.78 is 2.08. The summed E-state index contributed by atoms with van der Waals surface area (Å²) in [6.45, 7) is 4.49. The number of allylic oxidation sites excluding steroid dienone is 1. The van der Waals surface area contributed by atoms with Crippen molar-refractivity contribution in [1.82, 2.24) is 14.8 Å². The van der Waals surface area contributed by atoms with Crippen molar-refractivity contribution in [1.29, 1.82) is 0 Å². The number of fused-ring (bicyclic) bond motifs is 1. The van der Waals surface area contributed by atoms with Crippen LogP contribution in [0, 0.1) is 0 Å². The highest BCUT2D eigenvalue weighted by Crippen LogP contribution is 2.39. The maximum absolute atomic E-state index is 12.6. The lowest BCUT2D eigenvalue weighted by Crippen LogP contribution is -2.19. The predicted octanol–water partition coefficient (Wildman–Crippen LogP) is 3.89. The number of aromatic nitrogens is 3. The van der Waals surface area contributed by atoms with Gasteiger partial charge in [0.05, 0.1) is 11.3 Å². The first-order valence-corrected chi connectivity index (χ1v) is 12.3. The summed E-state index contributed by atoms with van der Waals surface area (Å²) in [7, 11) is 0. The van der Waals surface area contributed by atoms with E-state index < -0.39 is 5.91 Å². The summed E-state index contributed by atoms with van der Waals surface area (Å²) in [5, 5.41) is 13.0. The zero-order valence-corrected chi connectivity index (χ0v) is 18.6. The Hall–Kier alpha value is -2.13. The summed E-state index contributed by atoms with van der Waals surface area (Å²) in [5.41, 5.74) is 7.08. The fourth-order valence-electron chi connectivity index (χ4n) is 4.42. The van der Waals surface area contributed by atoms with Crippen LogP contribution in [0.1, 0.15) is 71.1 Å². The van der Waals surface area contributed by atoms with Gasteiger partial charge in [0, 0.05) is 17.3 Å². The number of aryl methyl sites for hydroxylation is 1. The molecular formula is C21H27N5O2S2. The van der Waals surface area contributed by atoms with Crippen LogP contribution in [0.4, 0.5) is 5.00 Å². The molecular weight excluding hydrogens is 418 g/mol. The summed E-state index contributed by atoms with van der Waals surface area (Å²) in [4.78, 5) is 25.7. The molecule has 1 saturated carbocycles. The second-order valence-electron chi connectivity index (χ2n) is 7.84. The highest BCUT2D eigenvalue weighted by Gasteiger charge is 2.27. The van der Waals surface area contributed by atoms with E-state index in [0.29, 0.717) is 23.0 Å². The molecule has 1 fully saturated rings. The van der Waals surface area contributed by atoms with Gasteiger partial charge in [-0.25, -0.2) is 0 Å². The fourth-order valence-corrected chi connectivity index (χ4v) is 6.48. The first-order valence-electron chi connectivity index (χ1n) is 10.5. The van der Waals surface area contributed by atoms with Crippen LogP contribution in [0.2, 0.25) is 0 Å². The Balaban J connectivity index is 1.44. The average molecular weight is 446 g/mol. The van der Waals surface area contributed by atoms with Gasteiger partial charge in [-0.3, -0.25) is 9.59 Å². The molecule has 160 valence electrons. The van der Waals surface area contributed by atoms with Gasteiger partial charge in [-0.1, -0.05) is 37.1 Å². The molecule has 2 amide bonds. The van der Waals surface area contributed by atoms with Crippen molar-refractivity contribution in [2.45, 2.75) is 69.0 Å². The third kappa shape index (κ3) is 4.32. The van der Waals surface area contributed by atoms with Crippen LogP contribution in [0.15, 0.2) is 17.8 Å². The smallest absolute Gasteiger partial charge is 0.251 e. The number of rotatable bonds is 8. The molecule has 0 spiro atoms. The lowest BCUT2D eigenvalue weighted by Gasteiger charge is -2.21. The number of hydrogen-bond acceptors (Lipinski definition) is 6. The quantitative estimate of drug-likeness (QED) is 0.474.